The zero-order valence-corrected chi connectivity index (χ0v) is 11.4. The molecular formula is C15H24N2O. The molecule has 0 saturated carbocycles. The lowest BCUT2D eigenvalue weighted by atomic mass is 10.1. The number of nitrogens with zero attached hydrogens (tertiary/aromatic N) is 1. The first-order chi connectivity index (χ1) is 8.69. The van der Waals surface area contributed by atoms with Gasteiger partial charge in [-0.05, 0) is 56.5 Å². The second-order valence-electron chi connectivity index (χ2n) is 5.31. The minimum atomic E-state index is 0.262. The van der Waals surface area contributed by atoms with E-state index in [4.69, 9.17) is 5.11 Å². The molecule has 2 N–H and O–H groups in total. The second kappa shape index (κ2) is 6.21. The van der Waals surface area contributed by atoms with Gasteiger partial charge in [0, 0.05) is 31.4 Å². The molecule has 1 aliphatic rings. The predicted molar refractivity (Wildman–Crippen MR) is 76.2 cm³/mol. The second-order valence-corrected chi connectivity index (χ2v) is 5.31. The lowest BCUT2D eigenvalue weighted by Crippen LogP contribution is -2.38. The number of hydrogen-bond donors (Lipinski definition) is 2. The summed E-state index contributed by atoms with van der Waals surface area (Å²) in [5.74, 6) is 0. The zero-order chi connectivity index (χ0) is 13.0. The minimum Gasteiger partial charge on any atom is -0.396 e. The third-order valence-electron chi connectivity index (χ3n) is 3.53. The van der Waals surface area contributed by atoms with E-state index in [0.29, 0.717) is 6.04 Å². The molecule has 0 aliphatic carbocycles. The zero-order valence-electron chi connectivity index (χ0n) is 11.4. The third kappa shape index (κ3) is 3.47. The van der Waals surface area contributed by atoms with Crippen molar-refractivity contribution in [3.63, 3.8) is 0 Å². The Hall–Kier alpha value is -1.06. The molecule has 1 saturated heterocycles. The quantitative estimate of drug-likeness (QED) is 0.857. The van der Waals surface area contributed by atoms with Crippen LogP contribution in [-0.2, 0) is 0 Å². The standard InChI is InChI=1S/C15H24N2O/c1-12-8-13(2)10-15(9-12)17-6-3-5-16-14(11-17)4-7-18/h8-10,14,16,18H,3-7,11H2,1-2H3. The number of anilines is 1. The highest BCUT2D eigenvalue weighted by Gasteiger charge is 2.17. The minimum absolute atomic E-state index is 0.262. The molecular weight excluding hydrogens is 224 g/mol. The first-order valence-electron chi connectivity index (χ1n) is 6.86. The maximum atomic E-state index is 9.10. The van der Waals surface area contributed by atoms with Crippen LogP contribution in [0.2, 0.25) is 0 Å². The Morgan fingerprint density at radius 1 is 1.28 bits per heavy atom. The van der Waals surface area contributed by atoms with Crippen LogP contribution in [-0.4, -0.2) is 37.4 Å². The van der Waals surface area contributed by atoms with Gasteiger partial charge in [0.25, 0.3) is 0 Å². The number of rotatable bonds is 3. The molecule has 100 valence electrons. The Morgan fingerprint density at radius 2 is 2.00 bits per heavy atom. The molecule has 1 unspecified atom stereocenters. The molecule has 1 atom stereocenters. The lowest BCUT2D eigenvalue weighted by molar-refractivity contribution is 0.267. The van der Waals surface area contributed by atoms with Gasteiger partial charge in [-0.25, -0.2) is 0 Å². The fourth-order valence-corrected chi connectivity index (χ4v) is 2.71. The SMILES string of the molecule is Cc1cc(C)cc(N2CCCNC(CCO)C2)c1. The van der Waals surface area contributed by atoms with E-state index in [-0.39, 0.29) is 6.61 Å². The molecule has 0 bridgehead atoms. The van der Waals surface area contributed by atoms with E-state index in [1.807, 2.05) is 0 Å². The van der Waals surface area contributed by atoms with Crippen LogP contribution in [0.25, 0.3) is 0 Å². The highest BCUT2D eigenvalue weighted by Crippen LogP contribution is 2.20. The Bertz CT molecular complexity index is 372. The molecule has 1 aromatic rings. The van der Waals surface area contributed by atoms with Gasteiger partial charge in [0.1, 0.15) is 0 Å². The molecule has 18 heavy (non-hydrogen) atoms. The smallest absolute Gasteiger partial charge is 0.0446 e. The third-order valence-corrected chi connectivity index (χ3v) is 3.53. The molecule has 1 fully saturated rings. The summed E-state index contributed by atoms with van der Waals surface area (Å²) >= 11 is 0. The summed E-state index contributed by atoms with van der Waals surface area (Å²) in [7, 11) is 0. The molecule has 0 aromatic heterocycles. The van der Waals surface area contributed by atoms with Gasteiger partial charge in [-0.15, -0.1) is 0 Å². The van der Waals surface area contributed by atoms with Gasteiger partial charge in [-0.1, -0.05) is 6.07 Å². The molecule has 3 heteroatoms. The lowest BCUT2D eigenvalue weighted by Gasteiger charge is -2.27. The van der Waals surface area contributed by atoms with Crippen LogP contribution in [0.15, 0.2) is 18.2 Å². The summed E-state index contributed by atoms with van der Waals surface area (Å²) in [5.41, 5.74) is 3.96. The van der Waals surface area contributed by atoms with Gasteiger partial charge in [0.05, 0.1) is 0 Å². The average molecular weight is 248 g/mol. The average Bonchev–Trinajstić information content (AvgIpc) is 2.54. The van der Waals surface area contributed by atoms with Crippen LogP contribution in [0.3, 0.4) is 0 Å². The summed E-state index contributed by atoms with van der Waals surface area (Å²) < 4.78 is 0. The van der Waals surface area contributed by atoms with E-state index in [9.17, 15) is 0 Å². The predicted octanol–water partition coefficient (Wildman–Crippen LogP) is 1.85. The van der Waals surface area contributed by atoms with Crippen molar-refractivity contribution in [2.24, 2.45) is 0 Å². The van der Waals surface area contributed by atoms with Gasteiger partial charge in [-0.2, -0.15) is 0 Å². The van der Waals surface area contributed by atoms with E-state index in [1.165, 1.54) is 16.8 Å². The van der Waals surface area contributed by atoms with Crippen molar-refractivity contribution in [3.05, 3.63) is 29.3 Å². The molecule has 0 amide bonds. The Morgan fingerprint density at radius 3 is 2.67 bits per heavy atom. The molecule has 1 heterocycles. The monoisotopic (exact) mass is 248 g/mol. The summed E-state index contributed by atoms with van der Waals surface area (Å²) in [5, 5.41) is 12.6. The summed E-state index contributed by atoms with van der Waals surface area (Å²) in [6.45, 7) is 7.70. The molecule has 2 rings (SSSR count). The van der Waals surface area contributed by atoms with E-state index in [1.54, 1.807) is 0 Å². The normalized spacial score (nSPS) is 20.8. The topological polar surface area (TPSA) is 35.5 Å². The molecule has 0 spiro atoms. The fraction of sp³-hybridized carbons (Fsp3) is 0.600. The van der Waals surface area contributed by atoms with Crippen molar-refractivity contribution >= 4 is 5.69 Å². The van der Waals surface area contributed by atoms with Crippen LogP contribution in [0, 0.1) is 13.8 Å². The number of nitrogens with one attached hydrogen (secondary N) is 1. The van der Waals surface area contributed by atoms with Crippen molar-refractivity contribution in [2.45, 2.75) is 32.7 Å². The van der Waals surface area contributed by atoms with Gasteiger partial charge in [0.15, 0.2) is 0 Å². The highest BCUT2D eigenvalue weighted by atomic mass is 16.3. The number of benzene rings is 1. The van der Waals surface area contributed by atoms with E-state index in [2.05, 4.69) is 42.3 Å². The molecule has 0 radical (unpaired) electrons. The summed E-state index contributed by atoms with van der Waals surface area (Å²) in [4.78, 5) is 2.44. The van der Waals surface area contributed by atoms with Crippen molar-refractivity contribution < 1.29 is 5.11 Å². The number of aliphatic hydroxyl groups is 1. The maximum Gasteiger partial charge on any atom is 0.0446 e. The van der Waals surface area contributed by atoms with Crippen LogP contribution >= 0.6 is 0 Å². The van der Waals surface area contributed by atoms with Crippen molar-refractivity contribution in [1.82, 2.24) is 5.32 Å². The van der Waals surface area contributed by atoms with Crippen LogP contribution in [0.5, 0.6) is 0 Å². The van der Waals surface area contributed by atoms with Crippen LogP contribution in [0.4, 0.5) is 5.69 Å². The van der Waals surface area contributed by atoms with Crippen molar-refractivity contribution in [2.75, 3.05) is 31.1 Å². The van der Waals surface area contributed by atoms with Crippen LogP contribution < -0.4 is 10.2 Å². The van der Waals surface area contributed by atoms with Gasteiger partial charge in [-0.3, -0.25) is 0 Å². The molecule has 1 aromatic carbocycles. The van der Waals surface area contributed by atoms with Gasteiger partial charge < -0.3 is 15.3 Å². The van der Waals surface area contributed by atoms with E-state index >= 15 is 0 Å². The summed E-state index contributed by atoms with van der Waals surface area (Å²) in [6, 6.07) is 7.13. The largest absolute Gasteiger partial charge is 0.396 e. The number of aliphatic hydroxyl groups excluding tert-OH is 1. The van der Waals surface area contributed by atoms with E-state index < -0.39 is 0 Å². The Labute approximate surface area is 110 Å². The Balaban J connectivity index is 2.14. The van der Waals surface area contributed by atoms with Gasteiger partial charge >= 0.3 is 0 Å². The highest BCUT2D eigenvalue weighted by molar-refractivity contribution is 5.51. The Kier molecular flexibility index (Phi) is 4.61. The van der Waals surface area contributed by atoms with Crippen LogP contribution in [0.1, 0.15) is 24.0 Å². The number of hydrogen-bond acceptors (Lipinski definition) is 3. The maximum absolute atomic E-state index is 9.10. The first kappa shape index (κ1) is 13.4. The van der Waals surface area contributed by atoms with Crippen molar-refractivity contribution in [3.8, 4) is 0 Å². The van der Waals surface area contributed by atoms with Crippen molar-refractivity contribution in [1.29, 1.82) is 0 Å². The molecule has 3 nitrogen and oxygen atoms in total. The summed E-state index contributed by atoms with van der Waals surface area (Å²) in [6.07, 6.45) is 2.00. The fourth-order valence-electron chi connectivity index (χ4n) is 2.71. The van der Waals surface area contributed by atoms with E-state index in [0.717, 1.165) is 32.5 Å². The molecule has 1 aliphatic heterocycles. The first-order valence-corrected chi connectivity index (χ1v) is 6.86. The number of aryl methyl sites for hydroxylation is 2. The van der Waals surface area contributed by atoms with Gasteiger partial charge in [0.2, 0.25) is 0 Å².